The van der Waals surface area contributed by atoms with Gasteiger partial charge in [-0.15, -0.1) is 0 Å². The lowest BCUT2D eigenvalue weighted by Crippen LogP contribution is -2.39. The van der Waals surface area contributed by atoms with Crippen LogP contribution in [0.25, 0.3) is 0 Å². The summed E-state index contributed by atoms with van der Waals surface area (Å²) in [6.45, 7) is 5.54. The van der Waals surface area contributed by atoms with Gasteiger partial charge in [0.1, 0.15) is 0 Å². The summed E-state index contributed by atoms with van der Waals surface area (Å²) in [7, 11) is 0.402. The molecule has 7 nitrogen and oxygen atoms in total. The average molecular weight is 421 g/mol. The maximum Gasteiger partial charge on any atom is 0.243 e. The molecule has 0 bridgehead atoms. The molecule has 0 aromatic heterocycles. The second-order valence-electron chi connectivity index (χ2n) is 6.93. The molecule has 158 valence electrons. The summed E-state index contributed by atoms with van der Waals surface area (Å²) in [6.07, 6.45) is 0. The monoisotopic (exact) mass is 420 g/mol. The zero-order valence-corrected chi connectivity index (χ0v) is 18.5. The van der Waals surface area contributed by atoms with Crippen LogP contribution < -0.4 is 14.8 Å². The van der Waals surface area contributed by atoms with Crippen LogP contribution in [0.1, 0.15) is 29.7 Å². The first-order chi connectivity index (χ1) is 13.6. The third-order valence-electron chi connectivity index (χ3n) is 4.71. The number of benzene rings is 2. The molecule has 0 unspecified atom stereocenters. The van der Waals surface area contributed by atoms with Crippen molar-refractivity contribution in [2.45, 2.75) is 31.7 Å². The number of ether oxygens (including phenoxy) is 2. The van der Waals surface area contributed by atoms with Crippen LogP contribution in [0.2, 0.25) is 0 Å². The normalized spacial score (nSPS) is 12.5. The molecule has 1 N–H and O–H groups in total. The third-order valence-corrected chi connectivity index (χ3v) is 6.51. The average Bonchev–Trinajstić information content (AvgIpc) is 2.68. The molecular formula is C21H28N2O5S. The van der Waals surface area contributed by atoms with E-state index in [9.17, 15) is 13.2 Å². The molecule has 29 heavy (non-hydrogen) atoms. The fraction of sp³-hybridized carbons (Fsp3) is 0.381. The minimum atomic E-state index is -3.87. The van der Waals surface area contributed by atoms with Gasteiger partial charge in [-0.2, -0.15) is 4.31 Å². The number of likely N-dealkylation sites (N-methyl/N-ethyl adjacent to an activating group) is 1. The zero-order valence-electron chi connectivity index (χ0n) is 17.6. The Bertz CT molecular complexity index is 989. The van der Waals surface area contributed by atoms with Gasteiger partial charge in [0, 0.05) is 13.1 Å². The lowest BCUT2D eigenvalue weighted by molar-refractivity contribution is -0.121. The Morgan fingerprint density at radius 3 is 2.34 bits per heavy atom. The van der Waals surface area contributed by atoms with E-state index in [1.807, 2.05) is 39.0 Å². The second kappa shape index (κ2) is 9.28. The fourth-order valence-corrected chi connectivity index (χ4v) is 4.18. The van der Waals surface area contributed by atoms with Crippen molar-refractivity contribution in [2.75, 3.05) is 27.8 Å². The Morgan fingerprint density at radius 2 is 1.72 bits per heavy atom. The summed E-state index contributed by atoms with van der Waals surface area (Å²) < 4.78 is 37.0. The number of hydrogen-bond donors (Lipinski definition) is 1. The molecule has 0 heterocycles. The highest BCUT2D eigenvalue weighted by Gasteiger charge is 2.25. The van der Waals surface area contributed by atoms with Crippen molar-refractivity contribution in [3.05, 3.63) is 53.1 Å². The van der Waals surface area contributed by atoms with Crippen molar-refractivity contribution in [1.82, 2.24) is 9.62 Å². The first kappa shape index (κ1) is 22.7. The highest BCUT2D eigenvalue weighted by molar-refractivity contribution is 7.89. The molecule has 8 heteroatoms. The molecule has 0 aliphatic carbocycles. The molecule has 0 saturated carbocycles. The molecule has 2 aromatic rings. The van der Waals surface area contributed by atoms with E-state index in [2.05, 4.69) is 5.32 Å². The number of hydrogen-bond acceptors (Lipinski definition) is 5. The predicted molar refractivity (Wildman–Crippen MR) is 112 cm³/mol. The molecule has 2 rings (SSSR count). The number of nitrogens with one attached hydrogen (secondary N) is 1. The van der Waals surface area contributed by atoms with Gasteiger partial charge in [0.25, 0.3) is 0 Å². The van der Waals surface area contributed by atoms with E-state index in [-0.39, 0.29) is 23.4 Å². The van der Waals surface area contributed by atoms with Gasteiger partial charge in [-0.3, -0.25) is 4.79 Å². The smallest absolute Gasteiger partial charge is 0.243 e. The van der Waals surface area contributed by atoms with Crippen LogP contribution in [-0.4, -0.2) is 46.4 Å². The van der Waals surface area contributed by atoms with Crippen molar-refractivity contribution in [3.8, 4) is 11.5 Å². The Kier molecular flexibility index (Phi) is 7.26. The van der Waals surface area contributed by atoms with Crippen molar-refractivity contribution < 1.29 is 22.7 Å². The van der Waals surface area contributed by atoms with Crippen molar-refractivity contribution >= 4 is 15.9 Å². The molecule has 0 fully saturated rings. The number of nitrogens with zero attached hydrogens (tertiary/aromatic N) is 1. The van der Waals surface area contributed by atoms with Gasteiger partial charge in [-0.1, -0.05) is 23.8 Å². The van der Waals surface area contributed by atoms with Crippen LogP contribution in [0.5, 0.6) is 11.5 Å². The van der Waals surface area contributed by atoms with Crippen LogP contribution in [0, 0.1) is 13.8 Å². The van der Waals surface area contributed by atoms with Crippen molar-refractivity contribution in [1.29, 1.82) is 0 Å². The first-order valence-corrected chi connectivity index (χ1v) is 10.6. The van der Waals surface area contributed by atoms with E-state index in [1.165, 1.54) is 39.5 Å². The fourth-order valence-electron chi connectivity index (χ4n) is 3.04. The number of sulfonamides is 1. The number of carbonyl (C=O) groups is 1. The lowest BCUT2D eigenvalue weighted by atomic mass is 10.00. The van der Waals surface area contributed by atoms with Crippen molar-refractivity contribution in [2.24, 2.45) is 0 Å². The number of methoxy groups -OCH3 is 2. The highest BCUT2D eigenvalue weighted by Crippen LogP contribution is 2.30. The first-order valence-electron chi connectivity index (χ1n) is 9.15. The Balaban J connectivity index is 2.13. The number of aryl methyl sites for hydroxylation is 2. The molecule has 0 radical (unpaired) electrons. The molecule has 2 aromatic carbocycles. The van der Waals surface area contributed by atoms with E-state index in [0.29, 0.717) is 11.5 Å². The molecule has 0 spiro atoms. The second-order valence-corrected chi connectivity index (χ2v) is 8.97. The van der Waals surface area contributed by atoms with Gasteiger partial charge >= 0.3 is 0 Å². The minimum absolute atomic E-state index is 0.0213. The van der Waals surface area contributed by atoms with Crippen LogP contribution in [0.3, 0.4) is 0 Å². The topological polar surface area (TPSA) is 84.9 Å². The highest BCUT2D eigenvalue weighted by atomic mass is 32.2. The van der Waals surface area contributed by atoms with Crippen LogP contribution in [-0.2, 0) is 14.8 Å². The molecule has 1 amide bonds. The van der Waals surface area contributed by atoms with Gasteiger partial charge < -0.3 is 14.8 Å². The number of rotatable bonds is 8. The summed E-state index contributed by atoms with van der Waals surface area (Å²) in [5.41, 5.74) is 3.17. The van der Waals surface area contributed by atoms with E-state index >= 15 is 0 Å². The molecule has 1 atom stereocenters. The Hall–Kier alpha value is -2.58. The number of carbonyl (C=O) groups excluding carboxylic acids is 1. The van der Waals surface area contributed by atoms with E-state index in [4.69, 9.17) is 9.47 Å². The van der Waals surface area contributed by atoms with Gasteiger partial charge in [-0.25, -0.2) is 8.42 Å². The van der Waals surface area contributed by atoms with Gasteiger partial charge in [-0.05, 0) is 44.0 Å². The lowest BCUT2D eigenvalue weighted by Gasteiger charge is -2.21. The summed E-state index contributed by atoms with van der Waals surface area (Å²) >= 11 is 0. The van der Waals surface area contributed by atoms with Crippen molar-refractivity contribution in [3.63, 3.8) is 0 Å². The summed E-state index contributed by atoms with van der Waals surface area (Å²) in [4.78, 5) is 12.5. The Morgan fingerprint density at radius 1 is 1.07 bits per heavy atom. The van der Waals surface area contributed by atoms with Crippen LogP contribution in [0.15, 0.2) is 41.3 Å². The summed E-state index contributed by atoms with van der Waals surface area (Å²) in [5, 5.41) is 2.87. The Labute approximate surface area is 172 Å². The molecule has 0 aliphatic heterocycles. The SMILES string of the molecule is COc1ccc(S(=O)(=O)N(C)CC(=O)N[C@@H](C)c2cc(C)ccc2C)cc1OC. The quantitative estimate of drug-likeness (QED) is 0.710. The maximum absolute atomic E-state index is 12.8. The molecular weight excluding hydrogens is 392 g/mol. The van der Waals surface area contributed by atoms with E-state index in [0.717, 1.165) is 21.0 Å². The zero-order chi connectivity index (χ0) is 21.8. The third kappa shape index (κ3) is 5.27. The van der Waals surface area contributed by atoms with E-state index < -0.39 is 10.0 Å². The standard InChI is InChI=1S/C21H28N2O5S/c1-14-7-8-15(2)18(11-14)16(3)22-21(24)13-23(4)29(25,26)17-9-10-19(27-5)20(12-17)28-6/h7-12,16H,13H2,1-6H3,(H,22,24)/t16-/m0/s1. The molecule has 0 saturated heterocycles. The largest absolute Gasteiger partial charge is 0.493 e. The van der Waals surface area contributed by atoms with Gasteiger partial charge in [0.05, 0.1) is 31.7 Å². The minimum Gasteiger partial charge on any atom is -0.493 e. The number of amides is 1. The maximum atomic E-state index is 12.8. The van der Waals surface area contributed by atoms with Crippen LogP contribution >= 0.6 is 0 Å². The van der Waals surface area contributed by atoms with E-state index in [1.54, 1.807) is 0 Å². The van der Waals surface area contributed by atoms with Gasteiger partial charge in [0.2, 0.25) is 15.9 Å². The predicted octanol–water partition coefficient (Wildman–Crippen LogP) is 2.82. The van der Waals surface area contributed by atoms with Crippen LogP contribution in [0.4, 0.5) is 0 Å². The van der Waals surface area contributed by atoms with Gasteiger partial charge in [0.15, 0.2) is 11.5 Å². The summed E-state index contributed by atoms with van der Waals surface area (Å²) in [5.74, 6) is 0.342. The summed E-state index contributed by atoms with van der Waals surface area (Å²) in [6, 6.07) is 10.1. The molecule has 0 aliphatic rings.